The summed E-state index contributed by atoms with van der Waals surface area (Å²) >= 11 is 0. The fraction of sp³-hybridized carbons (Fsp3) is 0.135. The molecule has 2 aromatic heterocycles. The van der Waals surface area contributed by atoms with E-state index in [1.807, 2.05) is 43.3 Å². The molecule has 1 saturated heterocycles. The van der Waals surface area contributed by atoms with Crippen LogP contribution in [0.5, 0.6) is 0 Å². The minimum atomic E-state index is -1.04. The van der Waals surface area contributed by atoms with E-state index in [4.69, 9.17) is 0 Å². The Morgan fingerprint density at radius 3 is 2.54 bits per heavy atom. The van der Waals surface area contributed by atoms with Crippen LogP contribution < -0.4 is 21.3 Å². The molecule has 248 valence electrons. The van der Waals surface area contributed by atoms with Crippen molar-refractivity contribution in [2.75, 3.05) is 16.0 Å². The van der Waals surface area contributed by atoms with Gasteiger partial charge in [-0.2, -0.15) is 0 Å². The van der Waals surface area contributed by atoms with E-state index >= 15 is 0 Å². The second-order valence-corrected chi connectivity index (χ2v) is 11.8. The number of carbonyl (C=O) groups is 5. The third-order valence-electron chi connectivity index (χ3n) is 8.52. The molecule has 7 rings (SSSR count). The van der Waals surface area contributed by atoms with Crippen LogP contribution in [-0.4, -0.2) is 55.4 Å². The molecule has 1 unspecified atom stereocenters. The lowest BCUT2D eigenvalue weighted by molar-refractivity contribution is -0.136. The maximum Gasteiger partial charge on any atom is 0.264 e. The third-order valence-corrected chi connectivity index (χ3v) is 8.52. The molecule has 0 saturated carbocycles. The SMILES string of the molecule is Cc1ccc(NC(=O)c2ccc(CNc3cccc4c3C(=O)N(C3CCC(=O)NC3=O)C4=O)cc2)cc1Nc1nccc(-c2cccnc2)n1. The van der Waals surface area contributed by atoms with Crippen molar-refractivity contribution in [3.63, 3.8) is 0 Å². The summed E-state index contributed by atoms with van der Waals surface area (Å²) in [6.07, 6.45) is 5.23. The lowest BCUT2D eigenvalue weighted by Crippen LogP contribution is -2.54. The van der Waals surface area contributed by atoms with Crippen LogP contribution in [0.2, 0.25) is 0 Å². The molecule has 2 aliphatic rings. The number of benzene rings is 3. The molecule has 13 heteroatoms. The highest BCUT2D eigenvalue weighted by atomic mass is 16.2. The lowest BCUT2D eigenvalue weighted by Gasteiger charge is -2.27. The molecule has 0 aliphatic carbocycles. The molecule has 13 nitrogen and oxygen atoms in total. The molecule has 1 atom stereocenters. The Labute approximate surface area is 286 Å². The first kappa shape index (κ1) is 31.8. The molecule has 4 heterocycles. The van der Waals surface area contributed by atoms with Crippen LogP contribution in [-0.2, 0) is 16.1 Å². The summed E-state index contributed by atoms with van der Waals surface area (Å²) in [7, 11) is 0. The third kappa shape index (κ3) is 6.39. The first-order valence-corrected chi connectivity index (χ1v) is 15.8. The molecule has 2 aliphatic heterocycles. The van der Waals surface area contributed by atoms with Gasteiger partial charge in [-0.15, -0.1) is 0 Å². The average molecular weight is 667 g/mol. The van der Waals surface area contributed by atoms with E-state index in [0.29, 0.717) is 29.4 Å². The molecule has 5 amide bonds. The highest BCUT2D eigenvalue weighted by molar-refractivity contribution is 6.25. The quantitative estimate of drug-likeness (QED) is 0.159. The van der Waals surface area contributed by atoms with E-state index in [-0.39, 0.29) is 29.9 Å². The minimum Gasteiger partial charge on any atom is -0.380 e. The number of pyridine rings is 1. The van der Waals surface area contributed by atoms with Crippen molar-refractivity contribution >= 4 is 52.5 Å². The smallest absolute Gasteiger partial charge is 0.264 e. The number of piperidine rings is 1. The van der Waals surface area contributed by atoms with Gasteiger partial charge in [0.15, 0.2) is 0 Å². The monoisotopic (exact) mass is 666 g/mol. The first-order chi connectivity index (χ1) is 24.2. The van der Waals surface area contributed by atoms with Crippen LogP contribution in [0.25, 0.3) is 11.3 Å². The number of fused-ring (bicyclic) bond motifs is 1. The maximum atomic E-state index is 13.4. The zero-order valence-electron chi connectivity index (χ0n) is 26.8. The zero-order valence-corrected chi connectivity index (χ0v) is 26.8. The largest absolute Gasteiger partial charge is 0.380 e. The van der Waals surface area contributed by atoms with Gasteiger partial charge in [0.25, 0.3) is 17.7 Å². The van der Waals surface area contributed by atoms with Crippen LogP contribution in [0.4, 0.5) is 23.0 Å². The molecular weight excluding hydrogens is 636 g/mol. The number of aromatic nitrogens is 3. The number of hydrogen-bond acceptors (Lipinski definition) is 10. The predicted octanol–water partition coefficient (Wildman–Crippen LogP) is 4.86. The van der Waals surface area contributed by atoms with Crippen LogP contribution in [0.1, 0.15) is 55.0 Å². The number of aryl methyl sites for hydroxylation is 1. The van der Waals surface area contributed by atoms with E-state index in [2.05, 4.69) is 36.2 Å². The Morgan fingerprint density at radius 2 is 1.76 bits per heavy atom. The van der Waals surface area contributed by atoms with Crippen molar-refractivity contribution in [2.24, 2.45) is 0 Å². The molecule has 1 fully saturated rings. The fourth-order valence-corrected chi connectivity index (χ4v) is 5.89. The topological polar surface area (TPSA) is 175 Å². The second kappa shape index (κ2) is 13.4. The van der Waals surface area contributed by atoms with Gasteiger partial charge in [0, 0.05) is 59.7 Å². The Bertz CT molecular complexity index is 2170. The summed E-state index contributed by atoms with van der Waals surface area (Å²) in [6, 6.07) is 21.9. The minimum absolute atomic E-state index is 0.0462. The van der Waals surface area contributed by atoms with Gasteiger partial charge in [-0.3, -0.25) is 39.2 Å². The Morgan fingerprint density at radius 1 is 0.920 bits per heavy atom. The molecule has 5 aromatic rings. The summed E-state index contributed by atoms with van der Waals surface area (Å²) in [5.41, 5.74) is 5.93. The predicted molar refractivity (Wildman–Crippen MR) is 185 cm³/mol. The number of imide groups is 2. The molecule has 0 radical (unpaired) electrons. The molecular formula is C37H30N8O5. The molecule has 50 heavy (non-hydrogen) atoms. The summed E-state index contributed by atoms with van der Waals surface area (Å²) in [6.45, 7) is 2.24. The first-order valence-electron chi connectivity index (χ1n) is 15.8. The Kier molecular flexibility index (Phi) is 8.52. The van der Waals surface area contributed by atoms with Crippen molar-refractivity contribution < 1.29 is 24.0 Å². The van der Waals surface area contributed by atoms with Gasteiger partial charge < -0.3 is 16.0 Å². The van der Waals surface area contributed by atoms with E-state index in [9.17, 15) is 24.0 Å². The second-order valence-electron chi connectivity index (χ2n) is 11.8. The normalized spacial score (nSPS) is 15.4. The number of nitrogens with one attached hydrogen (secondary N) is 4. The summed E-state index contributed by atoms with van der Waals surface area (Å²) in [5, 5.41) is 11.6. The van der Waals surface area contributed by atoms with Gasteiger partial charge >= 0.3 is 0 Å². The number of anilines is 4. The van der Waals surface area contributed by atoms with Gasteiger partial charge in [0.05, 0.1) is 16.8 Å². The lowest BCUT2D eigenvalue weighted by atomic mass is 10.0. The van der Waals surface area contributed by atoms with Crippen LogP contribution in [0.3, 0.4) is 0 Å². The van der Waals surface area contributed by atoms with Crippen LogP contribution in [0, 0.1) is 6.92 Å². The van der Waals surface area contributed by atoms with Gasteiger partial charge in [-0.1, -0.05) is 24.3 Å². The average Bonchev–Trinajstić information content (AvgIpc) is 3.38. The highest BCUT2D eigenvalue weighted by Gasteiger charge is 2.45. The number of nitrogens with zero attached hydrogens (tertiary/aromatic N) is 4. The van der Waals surface area contributed by atoms with Crippen LogP contribution in [0.15, 0.2) is 97.5 Å². The zero-order chi connectivity index (χ0) is 34.8. The standard InChI is InChI=1S/C37H30N8O5/c1-21-7-12-25(18-29(21)43-37-39-17-15-27(42-37)24-4-3-16-38-20-24)41-33(47)23-10-8-22(9-11-23)19-40-28-6-2-5-26-32(28)36(50)45(35(26)49)30-13-14-31(46)44-34(30)48/h2-12,15-18,20,30,40H,13-14,19H2,1H3,(H,41,47)(H,39,42,43)(H,44,46,48). The van der Waals surface area contributed by atoms with Gasteiger partial charge in [-0.25, -0.2) is 9.97 Å². The number of carbonyl (C=O) groups excluding carboxylic acids is 5. The highest BCUT2D eigenvalue weighted by Crippen LogP contribution is 2.33. The van der Waals surface area contributed by atoms with Gasteiger partial charge in [0.1, 0.15) is 6.04 Å². The number of rotatable bonds is 9. The van der Waals surface area contributed by atoms with Crippen molar-refractivity contribution in [3.8, 4) is 11.3 Å². The van der Waals surface area contributed by atoms with E-state index in [1.165, 1.54) is 0 Å². The maximum absolute atomic E-state index is 13.4. The van der Waals surface area contributed by atoms with Gasteiger partial charge in [0.2, 0.25) is 17.8 Å². The molecule has 0 bridgehead atoms. The van der Waals surface area contributed by atoms with Crippen molar-refractivity contribution in [1.82, 2.24) is 25.2 Å². The van der Waals surface area contributed by atoms with Crippen molar-refractivity contribution in [1.29, 1.82) is 0 Å². The van der Waals surface area contributed by atoms with Gasteiger partial charge in [-0.05, 0) is 79.1 Å². The van der Waals surface area contributed by atoms with Crippen molar-refractivity contribution in [2.45, 2.75) is 32.4 Å². The fourth-order valence-electron chi connectivity index (χ4n) is 5.89. The van der Waals surface area contributed by atoms with E-state index in [0.717, 1.165) is 33.0 Å². The summed E-state index contributed by atoms with van der Waals surface area (Å²) in [5.74, 6) is -2.14. The molecule has 0 spiro atoms. The van der Waals surface area contributed by atoms with Crippen molar-refractivity contribution in [3.05, 3.63) is 125 Å². The molecule has 3 aromatic carbocycles. The Balaban J connectivity index is 0.992. The number of hydrogen-bond donors (Lipinski definition) is 4. The molecule has 4 N–H and O–H groups in total. The Hall–Kier alpha value is -6.76. The van der Waals surface area contributed by atoms with Crippen LogP contribution >= 0.6 is 0 Å². The van der Waals surface area contributed by atoms with E-state index in [1.54, 1.807) is 61.1 Å². The number of amides is 5. The van der Waals surface area contributed by atoms with E-state index < -0.39 is 29.7 Å². The summed E-state index contributed by atoms with van der Waals surface area (Å²) in [4.78, 5) is 77.7. The summed E-state index contributed by atoms with van der Waals surface area (Å²) < 4.78 is 0.